The first kappa shape index (κ1) is 13.5. The smallest absolute Gasteiger partial charge is 0.325 e. The number of nitrogens with one attached hydrogen (secondary N) is 1. The Balaban J connectivity index is 2.51. The maximum absolute atomic E-state index is 11.8. The molecule has 3 amide bonds. The maximum Gasteiger partial charge on any atom is 0.325 e. The van der Waals surface area contributed by atoms with E-state index in [0.717, 1.165) is 4.90 Å². The van der Waals surface area contributed by atoms with Gasteiger partial charge in [-0.3, -0.25) is 14.5 Å². The molecule has 6 nitrogen and oxygen atoms in total. The summed E-state index contributed by atoms with van der Waals surface area (Å²) >= 11 is 0. The lowest BCUT2D eigenvalue weighted by atomic mass is 10.1. The van der Waals surface area contributed by atoms with Crippen LogP contribution in [0.3, 0.4) is 0 Å². The Morgan fingerprint density at radius 2 is 2.00 bits per heavy atom. The maximum atomic E-state index is 11.8. The van der Waals surface area contributed by atoms with Crippen LogP contribution in [0.25, 0.3) is 0 Å². The van der Waals surface area contributed by atoms with Crippen LogP contribution < -0.4 is 5.32 Å². The third-order valence-corrected chi connectivity index (χ3v) is 2.35. The second-order valence-corrected chi connectivity index (χ2v) is 4.80. The van der Waals surface area contributed by atoms with Crippen LogP contribution in [0.2, 0.25) is 0 Å². The minimum Gasteiger partial charge on any atom is -0.463 e. The third kappa shape index (κ3) is 3.18. The van der Waals surface area contributed by atoms with Crippen LogP contribution >= 0.6 is 0 Å². The minimum absolute atomic E-state index is 0.0212. The summed E-state index contributed by atoms with van der Waals surface area (Å²) in [5.41, 5.74) is -0.890. The van der Waals surface area contributed by atoms with Gasteiger partial charge in [-0.1, -0.05) is 0 Å². The molecule has 1 rings (SSSR count). The van der Waals surface area contributed by atoms with Crippen molar-refractivity contribution in [2.24, 2.45) is 0 Å². The Hall–Kier alpha value is -1.59. The van der Waals surface area contributed by atoms with Gasteiger partial charge in [0.2, 0.25) is 0 Å². The summed E-state index contributed by atoms with van der Waals surface area (Å²) in [6.07, 6.45) is -0.171. The molecular formula is C11H18N2O4. The Bertz CT molecular complexity index is 349. The zero-order valence-electron chi connectivity index (χ0n) is 10.6. The molecule has 0 saturated carbocycles. The number of esters is 1. The van der Waals surface area contributed by atoms with Gasteiger partial charge in [-0.25, -0.2) is 4.79 Å². The normalized spacial score (nSPS) is 18.5. The molecule has 6 heteroatoms. The molecule has 0 radical (unpaired) electrons. The third-order valence-electron chi connectivity index (χ3n) is 2.35. The van der Waals surface area contributed by atoms with Gasteiger partial charge in [-0.15, -0.1) is 0 Å². The molecule has 0 aliphatic carbocycles. The summed E-state index contributed by atoms with van der Waals surface area (Å²) in [6, 6.07) is -0.461. The van der Waals surface area contributed by atoms with E-state index in [-0.39, 0.29) is 25.0 Å². The molecule has 0 unspecified atom stereocenters. The SMILES string of the molecule is CC(C)OC(=O)CCN1C(=O)NC(C)(C)C1=O. The molecule has 0 atom stereocenters. The van der Waals surface area contributed by atoms with Gasteiger partial charge < -0.3 is 10.1 Å². The van der Waals surface area contributed by atoms with Crippen LogP contribution in [0.4, 0.5) is 4.79 Å². The number of amides is 3. The van der Waals surface area contributed by atoms with Crippen molar-refractivity contribution in [2.45, 2.75) is 45.8 Å². The van der Waals surface area contributed by atoms with Gasteiger partial charge in [0, 0.05) is 6.54 Å². The monoisotopic (exact) mass is 242 g/mol. The zero-order chi connectivity index (χ0) is 13.2. The molecule has 1 saturated heterocycles. The molecule has 0 aromatic heterocycles. The van der Waals surface area contributed by atoms with Crippen molar-refractivity contribution in [3.63, 3.8) is 0 Å². The quantitative estimate of drug-likeness (QED) is 0.580. The summed E-state index contributed by atoms with van der Waals surface area (Å²) in [4.78, 5) is 35.6. The van der Waals surface area contributed by atoms with E-state index in [1.165, 1.54) is 0 Å². The number of rotatable bonds is 4. The molecule has 96 valence electrons. The highest BCUT2D eigenvalue weighted by molar-refractivity contribution is 6.06. The van der Waals surface area contributed by atoms with Crippen molar-refractivity contribution in [3.05, 3.63) is 0 Å². The Morgan fingerprint density at radius 1 is 1.41 bits per heavy atom. The number of nitrogens with zero attached hydrogens (tertiary/aromatic N) is 1. The summed E-state index contributed by atoms with van der Waals surface area (Å²) in [5, 5.41) is 2.54. The standard InChI is InChI=1S/C11H18N2O4/c1-7(2)17-8(14)5-6-13-9(15)11(3,4)12-10(13)16/h7H,5-6H2,1-4H3,(H,12,16). The van der Waals surface area contributed by atoms with E-state index in [9.17, 15) is 14.4 Å². The second kappa shape index (κ2) is 4.73. The Labute approximate surface area is 100 Å². The first-order valence-corrected chi connectivity index (χ1v) is 5.57. The van der Waals surface area contributed by atoms with Crippen molar-refractivity contribution >= 4 is 17.9 Å². The number of ether oxygens (including phenoxy) is 1. The number of hydrogen-bond acceptors (Lipinski definition) is 4. The predicted octanol–water partition coefficient (Wildman–Crippen LogP) is 0.658. The van der Waals surface area contributed by atoms with Gasteiger partial charge in [-0.05, 0) is 27.7 Å². The zero-order valence-corrected chi connectivity index (χ0v) is 10.6. The van der Waals surface area contributed by atoms with E-state index in [2.05, 4.69) is 5.32 Å². The lowest BCUT2D eigenvalue weighted by Crippen LogP contribution is -2.40. The highest BCUT2D eigenvalue weighted by atomic mass is 16.5. The lowest BCUT2D eigenvalue weighted by Gasteiger charge is -2.15. The van der Waals surface area contributed by atoms with E-state index < -0.39 is 17.5 Å². The average Bonchev–Trinajstić information content (AvgIpc) is 2.33. The topological polar surface area (TPSA) is 75.7 Å². The van der Waals surface area contributed by atoms with E-state index in [1.54, 1.807) is 27.7 Å². The molecule has 17 heavy (non-hydrogen) atoms. The molecule has 1 fully saturated rings. The summed E-state index contributed by atoms with van der Waals surface area (Å²) < 4.78 is 4.92. The van der Waals surface area contributed by atoms with Gasteiger partial charge in [0.1, 0.15) is 5.54 Å². The number of carbonyl (C=O) groups excluding carboxylic acids is 3. The van der Waals surface area contributed by atoms with Gasteiger partial charge in [0.25, 0.3) is 5.91 Å². The van der Waals surface area contributed by atoms with E-state index in [1.807, 2.05) is 0 Å². The Kier molecular flexibility index (Phi) is 3.75. The highest BCUT2D eigenvalue weighted by Crippen LogP contribution is 2.16. The molecule has 1 N–H and O–H groups in total. The fraction of sp³-hybridized carbons (Fsp3) is 0.727. The van der Waals surface area contributed by atoms with E-state index in [0.29, 0.717) is 0 Å². The molecule has 0 aromatic rings. The number of urea groups is 1. The van der Waals surface area contributed by atoms with Crippen molar-refractivity contribution < 1.29 is 19.1 Å². The van der Waals surface area contributed by atoms with Crippen LogP contribution in [0.5, 0.6) is 0 Å². The minimum atomic E-state index is -0.890. The summed E-state index contributed by atoms with van der Waals surface area (Å²) in [7, 11) is 0. The lowest BCUT2D eigenvalue weighted by molar-refractivity contribution is -0.147. The molecule has 0 spiro atoms. The van der Waals surface area contributed by atoms with Crippen LogP contribution in [-0.2, 0) is 14.3 Å². The van der Waals surface area contributed by atoms with Crippen LogP contribution in [0, 0.1) is 0 Å². The fourth-order valence-corrected chi connectivity index (χ4v) is 1.55. The summed E-state index contributed by atoms with van der Waals surface area (Å²) in [6.45, 7) is 6.79. The molecule has 0 bridgehead atoms. The van der Waals surface area contributed by atoms with Crippen molar-refractivity contribution in [2.75, 3.05) is 6.54 Å². The highest BCUT2D eigenvalue weighted by Gasteiger charge is 2.44. The fourth-order valence-electron chi connectivity index (χ4n) is 1.55. The first-order valence-electron chi connectivity index (χ1n) is 5.57. The molecular weight excluding hydrogens is 224 g/mol. The van der Waals surface area contributed by atoms with Crippen molar-refractivity contribution in [1.82, 2.24) is 10.2 Å². The molecule has 1 heterocycles. The Morgan fingerprint density at radius 3 is 2.41 bits per heavy atom. The van der Waals surface area contributed by atoms with Crippen LogP contribution in [0.15, 0.2) is 0 Å². The van der Waals surface area contributed by atoms with Crippen LogP contribution in [-0.4, -0.2) is 41.0 Å². The van der Waals surface area contributed by atoms with E-state index in [4.69, 9.17) is 4.74 Å². The van der Waals surface area contributed by atoms with Crippen molar-refractivity contribution in [3.8, 4) is 0 Å². The van der Waals surface area contributed by atoms with Gasteiger partial charge in [0.05, 0.1) is 12.5 Å². The van der Waals surface area contributed by atoms with Crippen molar-refractivity contribution in [1.29, 1.82) is 0 Å². The number of hydrogen-bond donors (Lipinski definition) is 1. The second-order valence-electron chi connectivity index (χ2n) is 4.80. The predicted molar refractivity (Wildman–Crippen MR) is 60.2 cm³/mol. The largest absolute Gasteiger partial charge is 0.463 e. The van der Waals surface area contributed by atoms with Gasteiger partial charge >= 0.3 is 12.0 Å². The average molecular weight is 242 g/mol. The molecule has 0 aromatic carbocycles. The molecule has 1 aliphatic rings. The molecule has 1 aliphatic heterocycles. The van der Waals surface area contributed by atoms with Gasteiger partial charge in [-0.2, -0.15) is 0 Å². The number of imide groups is 1. The van der Waals surface area contributed by atoms with Gasteiger partial charge in [0.15, 0.2) is 0 Å². The van der Waals surface area contributed by atoms with E-state index >= 15 is 0 Å². The first-order chi connectivity index (χ1) is 7.74. The van der Waals surface area contributed by atoms with Crippen LogP contribution in [0.1, 0.15) is 34.1 Å². The summed E-state index contributed by atoms with van der Waals surface area (Å²) in [5.74, 6) is -0.731. The number of carbonyl (C=O) groups is 3.